The van der Waals surface area contributed by atoms with Crippen LogP contribution in [0, 0.1) is 6.92 Å². The Kier molecular flexibility index (Phi) is 5.51. The predicted octanol–water partition coefficient (Wildman–Crippen LogP) is 2.11. The first-order chi connectivity index (χ1) is 12.8. The Morgan fingerprint density at radius 2 is 1.77 bits per heavy atom. The van der Waals surface area contributed by atoms with Crippen molar-refractivity contribution in [2.75, 3.05) is 57.3 Å². The maximum Gasteiger partial charge on any atom is 0.155 e. The number of rotatable bonds is 5. The molecule has 0 unspecified atom stereocenters. The van der Waals surface area contributed by atoms with Crippen molar-refractivity contribution in [3.63, 3.8) is 0 Å². The molecule has 2 fully saturated rings. The maximum atomic E-state index is 4.55. The Morgan fingerprint density at radius 3 is 2.50 bits per heavy atom. The van der Waals surface area contributed by atoms with Gasteiger partial charge in [0.15, 0.2) is 5.82 Å². The smallest absolute Gasteiger partial charge is 0.155 e. The second-order valence-electron chi connectivity index (χ2n) is 7.58. The molecule has 0 radical (unpaired) electrons. The first-order valence-corrected chi connectivity index (χ1v) is 9.91. The van der Waals surface area contributed by atoms with Gasteiger partial charge in [0.25, 0.3) is 0 Å². The molecule has 0 bridgehead atoms. The van der Waals surface area contributed by atoms with Crippen LogP contribution in [0.1, 0.15) is 30.4 Å². The van der Waals surface area contributed by atoms with Crippen LogP contribution in [0.3, 0.4) is 0 Å². The molecule has 2 aliphatic heterocycles. The lowest BCUT2D eigenvalue weighted by molar-refractivity contribution is 0.164. The highest BCUT2D eigenvalue weighted by Crippen LogP contribution is 2.24. The summed E-state index contributed by atoms with van der Waals surface area (Å²) in [5, 5.41) is 7.37. The second-order valence-corrected chi connectivity index (χ2v) is 7.58. The maximum absolute atomic E-state index is 4.55. The Balaban J connectivity index is 1.22. The van der Waals surface area contributed by atoms with Gasteiger partial charge in [-0.15, -0.1) is 0 Å². The van der Waals surface area contributed by atoms with Gasteiger partial charge in [-0.1, -0.05) is 18.2 Å². The minimum absolute atomic E-state index is 0.489. The van der Waals surface area contributed by atoms with E-state index in [1.807, 2.05) is 6.92 Å². The lowest BCUT2D eigenvalue weighted by Gasteiger charge is -2.38. The number of hydrogen-bond donors (Lipinski definition) is 1. The summed E-state index contributed by atoms with van der Waals surface area (Å²) in [6, 6.07) is 10.8. The van der Waals surface area contributed by atoms with E-state index in [1.54, 1.807) is 0 Å². The number of para-hydroxylation sites is 1. The second kappa shape index (κ2) is 8.18. The molecule has 0 amide bonds. The summed E-state index contributed by atoms with van der Waals surface area (Å²) >= 11 is 0. The number of likely N-dealkylation sites (tertiary alicyclic amines) is 1. The number of nitrogens with zero attached hydrogens (tertiary/aromatic N) is 5. The molecule has 3 heterocycles. The molecule has 1 aromatic heterocycles. The highest BCUT2D eigenvalue weighted by Gasteiger charge is 2.25. The van der Waals surface area contributed by atoms with Gasteiger partial charge in [-0.2, -0.15) is 5.10 Å². The van der Waals surface area contributed by atoms with Crippen molar-refractivity contribution in [2.45, 2.75) is 25.7 Å². The molecule has 2 aliphatic rings. The van der Waals surface area contributed by atoms with Crippen molar-refractivity contribution in [2.24, 2.45) is 0 Å². The predicted molar refractivity (Wildman–Crippen MR) is 105 cm³/mol. The van der Waals surface area contributed by atoms with E-state index in [-0.39, 0.29) is 0 Å². The Labute approximate surface area is 156 Å². The van der Waals surface area contributed by atoms with Crippen molar-refractivity contribution in [1.29, 1.82) is 0 Å². The van der Waals surface area contributed by atoms with Crippen molar-refractivity contribution in [3.8, 4) is 0 Å². The molecule has 1 N–H and O–H groups in total. The van der Waals surface area contributed by atoms with Crippen LogP contribution in [0.25, 0.3) is 0 Å². The van der Waals surface area contributed by atoms with Gasteiger partial charge in [-0.25, -0.2) is 4.98 Å². The van der Waals surface area contributed by atoms with Gasteiger partial charge in [-0.3, -0.25) is 10.00 Å². The Morgan fingerprint density at radius 1 is 1.00 bits per heavy atom. The molecule has 1 aromatic carbocycles. The molecular weight excluding hydrogens is 324 g/mol. The minimum Gasteiger partial charge on any atom is -0.369 e. The number of nitrogens with one attached hydrogen (secondary N) is 1. The largest absolute Gasteiger partial charge is 0.369 e. The van der Waals surface area contributed by atoms with Gasteiger partial charge in [-0.05, 0) is 38.4 Å². The third-order valence-corrected chi connectivity index (χ3v) is 5.71. The normalized spacial score (nSPS) is 22.7. The van der Waals surface area contributed by atoms with Gasteiger partial charge < -0.3 is 9.80 Å². The van der Waals surface area contributed by atoms with Crippen LogP contribution in [0.5, 0.6) is 0 Å². The Bertz CT molecular complexity index is 677. The zero-order chi connectivity index (χ0) is 17.8. The lowest BCUT2D eigenvalue weighted by atomic mass is 9.97. The van der Waals surface area contributed by atoms with Gasteiger partial charge in [0, 0.05) is 57.4 Å². The first kappa shape index (κ1) is 17.5. The van der Waals surface area contributed by atoms with E-state index in [1.165, 1.54) is 31.6 Å². The molecule has 6 heteroatoms. The molecule has 0 spiro atoms. The van der Waals surface area contributed by atoms with Gasteiger partial charge in [0.1, 0.15) is 5.82 Å². The van der Waals surface area contributed by atoms with E-state index in [2.05, 4.69) is 60.2 Å². The molecule has 26 heavy (non-hydrogen) atoms. The molecule has 140 valence electrons. The van der Waals surface area contributed by atoms with Crippen LogP contribution in [-0.4, -0.2) is 77.3 Å². The van der Waals surface area contributed by atoms with Gasteiger partial charge >= 0.3 is 0 Å². The number of piperidine rings is 1. The van der Waals surface area contributed by atoms with Crippen LogP contribution in [-0.2, 0) is 0 Å². The molecule has 1 atom stereocenters. The van der Waals surface area contributed by atoms with Crippen LogP contribution in [0.4, 0.5) is 5.69 Å². The third-order valence-electron chi connectivity index (χ3n) is 5.71. The lowest BCUT2D eigenvalue weighted by Crippen LogP contribution is -2.49. The molecule has 2 aromatic rings. The molecule has 6 nitrogen and oxygen atoms in total. The summed E-state index contributed by atoms with van der Waals surface area (Å²) in [5.41, 5.74) is 1.35. The molecule has 0 aliphatic carbocycles. The van der Waals surface area contributed by atoms with Crippen LogP contribution < -0.4 is 4.90 Å². The van der Waals surface area contributed by atoms with E-state index in [4.69, 9.17) is 0 Å². The van der Waals surface area contributed by atoms with Gasteiger partial charge in [0.2, 0.25) is 0 Å². The van der Waals surface area contributed by atoms with Crippen molar-refractivity contribution < 1.29 is 0 Å². The standard InChI is InChI=1S/C20H30N6/c1-17-21-20(23-22-17)18-6-5-9-25(16-18)11-10-24-12-14-26(15-13-24)19-7-3-2-4-8-19/h2-4,7-8,18H,5-6,9-16H2,1H3,(H,21,22,23)/t18-/m0/s1. The summed E-state index contributed by atoms with van der Waals surface area (Å²) < 4.78 is 0. The number of benzene rings is 1. The average Bonchev–Trinajstić information content (AvgIpc) is 3.14. The van der Waals surface area contributed by atoms with E-state index >= 15 is 0 Å². The number of hydrogen-bond acceptors (Lipinski definition) is 5. The SMILES string of the molecule is Cc1nc([C@H]2CCCN(CCN3CCN(c4ccccc4)CC3)C2)n[nH]1. The molecular formula is C20H30N6. The quantitative estimate of drug-likeness (QED) is 0.891. The first-order valence-electron chi connectivity index (χ1n) is 9.91. The minimum atomic E-state index is 0.489. The van der Waals surface area contributed by atoms with Crippen LogP contribution in [0.2, 0.25) is 0 Å². The van der Waals surface area contributed by atoms with Crippen LogP contribution >= 0.6 is 0 Å². The summed E-state index contributed by atoms with van der Waals surface area (Å²) in [4.78, 5) is 12.3. The molecule has 2 saturated heterocycles. The van der Waals surface area contributed by atoms with Gasteiger partial charge in [0.05, 0.1) is 0 Å². The average molecular weight is 355 g/mol. The highest BCUT2D eigenvalue weighted by molar-refractivity contribution is 5.46. The number of piperazine rings is 1. The van der Waals surface area contributed by atoms with E-state index in [0.717, 1.165) is 50.9 Å². The number of H-pyrrole nitrogens is 1. The van der Waals surface area contributed by atoms with E-state index < -0.39 is 0 Å². The summed E-state index contributed by atoms with van der Waals surface area (Å²) in [7, 11) is 0. The third kappa shape index (κ3) is 4.24. The summed E-state index contributed by atoms with van der Waals surface area (Å²) in [5.74, 6) is 2.42. The fraction of sp³-hybridized carbons (Fsp3) is 0.600. The van der Waals surface area contributed by atoms with Crippen molar-refractivity contribution in [1.82, 2.24) is 25.0 Å². The zero-order valence-electron chi connectivity index (χ0n) is 15.8. The number of anilines is 1. The van der Waals surface area contributed by atoms with E-state index in [0.29, 0.717) is 5.92 Å². The number of aromatic amines is 1. The topological polar surface area (TPSA) is 51.3 Å². The van der Waals surface area contributed by atoms with E-state index in [9.17, 15) is 0 Å². The highest BCUT2D eigenvalue weighted by atomic mass is 15.3. The van der Waals surface area contributed by atoms with Crippen molar-refractivity contribution >= 4 is 5.69 Å². The Hall–Kier alpha value is -1.92. The van der Waals surface area contributed by atoms with Crippen LogP contribution in [0.15, 0.2) is 30.3 Å². The number of aryl methyl sites for hydroxylation is 1. The fourth-order valence-electron chi connectivity index (χ4n) is 4.16. The summed E-state index contributed by atoms with van der Waals surface area (Å²) in [6.07, 6.45) is 2.46. The monoisotopic (exact) mass is 354 g/mol. The molecule has 0 saturated carbocycles. The molecule has 4 rings (SSSR count). The van der Waals surface area contributed by atoms with Crippen molar-refractivity contribution in [3.05, 3.63) is 42.0 Å². The summed E-state index contributed by atoms with van der Waals surface area (Å²) in [6.45, 7) is 11.2. The zero-order valence-corrected chi connectivity index (χ0v) is 15.8. The fourth-order valence-corrected chi connectivity index (χ4v) is 4.16. The number of aromatic nitrogens is 3.